The van der Waals surface area contributed by atoms with Crippen LogP contribution in [0.1, 0.15) is 11.4 Å². The highest BCUT2D eigenvalue weighted by atomic mass is 32.1. The van der Waals surface area contributed by atoms with Crippen molar-refractivity contribution in [2.45, 2.75) is 19.5 Å². The first kappa shape index (κ1) is 11.9. The van der Waals surface area contributed by atoms with Crippen LogP contribution in [0.15, 0.2) is 17.5 Å². The standard InChI is InChI=1S/C13H18N4S/c1-16-6-7-17-11(9-16)10(4-5-14)15-13(17)12-3-2-8-18-12/h2-3,8H,4-7,9,14H2,1H3. The maximum absolute atomic E-state index is 5.70. The van der Waals surface area contributed by atoms with Gasteiger partial charge in [0.1, 0.15) is 0 Å². The first-order chi connectivity index (χ1) is 8.79. The van der Waals surface area contributed by atoms with E-state index in [2.05, 4.69) is 34.0 Å². The molecule has 0 fully saturated rings. The molecular weight excluding hydrogens is 244 g/mol. The summed E-state index contributed by atoms with van der Waals surface area (Å²) < 4.78 is 2.37. The molecule has 0 unspecified atom stereocenters. The molecule has 0 saturated carbocycles. The fraction of sp³-hybridized carbons (Fsp3) is 0.462. The van der Waals surface area contributed by atoms with Crippen LogP contribution >= 0.6 is 11.3 Å². The van der Waals surface area contributed by atoms with Crippen molar-refractivity contribution in [3.05, 3.63) is 28.9 Å². The van der Waals surface area contributed by atoms with E-state index in [-0.39, 0.29) is 0 Å². The Morgan fingerprint density at radius 1 is 1.44 bits per heavy atom. The Kier molecular flexibility index (Phi) is 3.20. The molecule has 1 aliphatic heterocycles. The summed E-state index contributed by atoms with van der Waals surface area (Å²) in [6.07, 6.45) is 0.870. The highest BCUT2D eigenvalue weighted by Gasteiger charge is 2.22. The van der Waals surface area contributed by atoms with Gasteiger partial charge < -0.3 is 10.3 Å². The van der Waals surface area contributed by atoms with Crippen LogP contribution < -0.4 is 5.73 Å². The Morgan fingerprint density at radius 2 is 2.33 bits per heavy atom. The predicted molar refractivity (Wildman–Crippen MR) is 74.6 cm³/mol. The number of aromatic nitrogens is 2. The molecule has 2 aromatic heterocycles. The zero-order valence-corrected chi connectivity index (χ0v) is 11.4. The van der Waals surface area contributed by atoms with Crippen LogP contribution in [0.5, 0.6) is 0 Å². The Morgan fingerprint density at radius 3 is 3.06 bits per heavy atom. The molecule has 3 heterocycles. The second-order valence-electron chi connectivity index (χ2n) is 4.73. The minimum Gasteiger partial charge on any atom is -0.330 e. The Bertz CT molecular complexity index is 529. The summed E-state index contributed by atoms with van der Waals surface area (Å²) in [7, 11) is 2.16. The molecule has 2 aromatic rings. The average molecular weight is 262 g/mol. The maximum Gasteiger partial charge on any atom is 0.150 e. The minimum atomic E-state index is 0.664. The molecule has 2 N–H and O–H groups in total. The molecule has 0 aromatic carbocycles. The molecule has 0 amide bonds. The quantitative estimate of drug-likeness (QED) is 0.913. The summed E-state index contributed by atoms with van der Waals surface area (Å²) in [6, 6.07) is 4.23. The van der Waals surface area contributed by atoms with Gasteiger partial charge in [-0.1, -0.05) is 6.07 Å². The van der Waals surface area contributed by atoms with Gasteiger partial charge in [-0.3, -0.25) is 4.90 Å². The first-order valence-electron chi connectivity index (χ1n) is 6.30. The summed E-state index contributed by atoms with van der Waals surface area (Å²) in [4.78, 5) is 8.42. The van der Waals surface area contributed by atoms with Gasteiger partial charge in [-0.2, -0.15) is 0 Å². The van der Waals surface area contributed by atoms with E-state index in [0.29, 0.717) is 6.54 Å². The van der Waals surface area contributed by atoms with Gasteiger partial charge >= 0.3 is 0 Å². The summed E-state index contributed by atoms with van der Waals surface area (Å²) in [5, 5.41) is 2.11. The van der Waals surface area contributed by atoms with E-state index in [9.17, 15) is 0 Å². The third-order valence-corrected chi connectivity index (χ3v) is 4.27. The topological polar surface area (TPSA) is 47.1 Å². The lowest BCUT2D eigenvalue weighted by atomic mass is 10.2. The first-order valence-corrected chi connectivity index (χ1v) is 7.18. The van der Waals surface area contributed by atoms with E-state index in [1.54, 1.807) is 11.3 Å². The van der Waals surface area contributed by atoms with Crippen molar-refractivity contribution >= 4 is 11.3 Å². The molecule has 0 spiro atoms. The number of thiophene rings is 1. The van der Waals surface area contributed by atoms with Crippen molar-refractivity contribution in [2.24, 2.45) is 5.73 Å². The molecule has 96 valence electrons. The van der Waals surface area contributed by atoms with Crippen LogP contribution in [0, 0.1) is 0 Å². The normalized spacial score (nSPS) is 15.9. The summed E-state index contributed by atoms with van der Waals surface area (Å²) in [5.41, 5.74) is 8.21. The largest absolute Gasteiger partial charge is 0.330 e. The molecule has 4 nitrogen and oxygen atoms in total. The highest BCUT2D eigenvalue weighted by Crippen LogP contribution is 2.29. The Balaban J connectivity index is 2.08. The van der Waals surface area contributed by atoms with Crippen molar-refractivity contribution in [1.29, 1.82) is 0 Å². The van der Waals surface area contributed by atoms with Crippen LogP contribution in [0.4, 0.5) is 0 Å². The Hall–Kier alpha value is -1.17. The van der Waals surface area contributed by atoms with Gasteiger partial charge in [0.15, 0.2) is 5.82 Å². The highest BCUT2D eigenvalue weighted by molar-refractivity contribution is 7.13. The van der Waals surface area contributed by atoms with E-state index < -0.39 is 0 Å². The minimum absolute atomic E-state index is 0.664. The molecule has 0 radical (unpaired) electrons. The van der Waals surface area contributed by atoms with Crippen LogP contribution in [0.25, 0.3) is 10.7 Å². The number of nitrogens with two attached hydrogens (primary N) is 1. The van der Waals surface area contributed by atoms with Crippen LogP contribution in [-0.2, 0) is 19.5 Å². The van der Waals surface area contributed by atoms with E-state index in [0.717, 1.165) is 31.9 Å². The fourth-order valence-electron chi connectivity index (χ4n) is 2.49. The number of rotatable bonds is 3. The van der Waals surface area contributed by atoms with Crippen molar-refractivity contribution < 1.29 is 0 Å². The maximum atomic E-state index is 5.70. The van der Waals surface area contributed by atoms with Gasteiger partial charge in [-0.15, -0.1) is 11.3 Å². The number of likely N-dealkylation sites (N-methyl/N-ethyl adjacent to an activating group) is 1. The number of nitrogens with zero attached hydrogens (tertiary/aromatic N) is 3. The predicted octanol–water partition coefficient (Wildman–Crippen LogP) is 1.56. The van der Waals surface area contributed by atoms with Crippen LogP contribution in [0.3, 0.4) is 0 Å². The number of fused-ring (bicyclic) bond motifs is 1. The van der Waals surface area contributed by atoms with Crippen molar-refractivity contribution in [1.82, 2.24) is 14.5 Å². The molecule has 0 saturated heterocycles. The SMILES string of the molecule is CN1CCn2c(-c3cccs3)nc(CCN)c2C1. The monoisotopic (exact) mass is 262 g/mol. The van der Waals surface area contributed by atoms with Crippen LogP contribution in [-0.4, -0.2) is 34.6 Å². The summed E-state index contributed by atoms with van der Waals surface area (Å²) in [5.74, 6) is 1.12. The second kappa shape index (κ2) is 4.84. The average Bonchev–Trinajstić information content (AvgIpc) is 2.97. The number of hydrogen-bond donors (Lipinski definition) is 1. The molecule has 0 atom stereocenters. The second-order valence-corrected chi connectivity index (χ2v) is 5.68. The molecular formula is C13H18N4S. The molecule has 1 aliphatic rings. The van der Waals surface area contributed by atoms with Gasteiger partial charge in [0.25, 0.3) is 0 Å². The van der Waals surface area contributed by atoms with Gasteiger partial charge in [-0.05, 0) is 25.0 Å². The zero-order chi connectivity index (χ0) is 12.5. The lowest BCUT2D eigenvalue weighted by Gasteiger charge is -2.25. The smallest absolute Gasteiger partial charge is 0.150 e. The third-order valence-electron chi connectivity index (χ3n) is 3.40. The molecule has 5 heteroatoms. The lowest BCUT2D eigenvalue weighted by Crippen LogP contribution is -2.31. The van der Waals surface area contributed by atoms with E-state index in [1.807, 2.05) is 0 Å². The summed E-state index contributed by atoms with van der Waals surface area (Å²) >= 11 is 1.75. The van der Waals surface area contributed by atoms with Crippen LogP contribution in [0.2, 0.25) is 0 Å². The third kappa shape index (κ3) is 1.98. The van der Waals surface area contributed by atoms with Gasteiger partial charge in [0, 0.05) is 26.1 Å². The van der Waals surface area contributed by atoms with Gasteiger partial charge in [0.2, 0.25) is 0 Å². The molecule has 18 heavy (non-hydrogen) atoms. The van der Waals surface area contributed by atoms with Crippen molar-refractivity contribution in [3.63, 3.8) is 0 Å². The Labute approximate surface area is 111 Å². The molecule has 3 rings (SSSR count). The fourth-order valence-corrected chi connectivity index (χ4v) is 3.21. The number of imidazole rings is 1. The van der Waals surface area contributed by atoms with Crippen molar-refractivity contribution in [3.8, 4) is 10.7 Å². The molecule has 0 aliphatic carbocycles. The zero-order valence-electron chi connectivity index (χ0n) is 10.6. The van der Waals surface area contributed by atoms with E-state index in [4.69, 9.17) is 10.7 Å². The van der Waals surface area contributed by atoms with E-state index >= 15 is 0 Å². The summed E-state index contributed by atoms with van der Waals surface area (Å²) in [6.45, 7) is 3.76. The van der Waals surface area contributed by atoms with Gasteiger partial charge in [0.05, 0.1) is 16.3 Å². The van der Waals surface area contributed by atoms with Gasteiger partial charge in [-0.25, -0.2) is 4.98 Å². The van der Waals surface area contributed by atoms with Crippen molar-refractivity contribution in [2.75, 3.05) is 20.1 Å². The lowest BCUT2D eigenvalue weighted by molar-refractivity contribution is 0.270. The van der Waals surface area contributed by atoms with E-state index in [1.165, 1.54) is 16.3 Å². The number of hydrogen-bond acceptors (Lipinski definition) is 4. The molecule has 0 bridgehead atoms.